The number of hydrogen-bond acceptors (Lipinski definition) is 14. The zero-order valence-corrected chi connectivity index (χ0v) is 38.0. The lowest BCUT2D eigenvalue weighted by Gasteiger charge is -2.23. The molecule has 65 heavy (non-hydrogen) atoms. The Hall–Kier alpha value is -7.61. The molecular formula is C45H46BrN5O14. The van der Waals surface area contributed by atoms with Gasteiger partial charge in [-0.2, -0.15) is 0 Å². The monoisotopic (exact) mass is 959 g/mol. The van der Waals surface area contributed by atoms with Gasteiger partial charge in [0.25, 0.3) is 5.91 Å². The molecule has 4 amide bonds. The van der Waals surface area contributed by atoms with Crippen LogP contribution in [-0.2, 0) is 49.6 Å². The van der Waals surface area contributed by atoms with Crippen LogP contribution >= 0.6 is 15.9 Å². The maximum absolute atomic E-state index is 14.5. The van der Waals surface area contributed by atoms with Gasteiger partial charge >= 0.3 is 29.8 Å². The second-order valence-electron chi connectivity index (χ2n) is 14.6. The molecule has 0 aliphatic heterocycles. The van der Waals surface area contributed by atoms with Crippen LogP contribution in [0.5, 0.6) is 28.7 Å². The number of benzene rings is 3. The molecule has 4 aromatic rings. The largest absolute Gasteiger partial charge is 0.423 e. The number of esters is 5. The van der Waals surface area contributed by atoms with Crippen molar-refractivity contribution in [2.24, 2.45) is 5.92 Å². The molecule has 20 heteroatoms. The average Bonchev–Trinajstić information content (AvgIpc) is 3.58. The molecule has 0 aliphatic carbocycles. The first-order chi connectivity index (χ1) is 30.6. The van der Waals surface area contributed by atoms with Gasteiger partial charge in [-0.05, 0) is 71.2 Å². The molecule has 0 radical (unpaired) electrons. The molecule has 0 saturated heterocycles. The van der Waals surface area contributed by atoms with Crippen LogP contribution in [0.1, 0.15) is 72.1 Å². The molecule has 2 unspecified atom stereocenters. The van der Waals surface area contributed by atoms with Crippen LogP contribution < -0.4 is 45.0 Å². The highest BCUT2D eigenvalue weighted by atomic mass is 79.9. The van der Waals surface area contributed by atoms with Crippen molar-refractivity contribution in [1.29, 1.82) is 0 Å². The molecule has 4 rings (SSSR count). The fourth-order valence-corrected chi connectivity index (χ4v) is 6.45. The summed E-state index contributed by atoms with van der Waals surface area (Å²) in [5.74, 6) is -8.77. The molecule has 1 aromatic heterocycles. The Morgan fingerprint density at radius 2 is 1.23 bits per heavy atom. The fraction of sp³-hybridized carbons (Fsp3) is 0.267. The number of amides is 4. The molecule has 0 bridgehead atoms. The summed E-state index contributed by atoms with van der Waals surface area (Å²) >= 11 is 3.44. The van der Waals surface area contributed by atoms with Gasteiger partial charge in [0.05, 0.1) is 0 Å². The Morgan fingerprint density at radius 3 is 1.80 bits per heavy atom. The Balaban J connectivity index is 1.83. The lowest BCUT2D eigenvalue weighted by molar-refractivity contribution is -0.135. The maximum Gasteiger partial charge on any atom is 0.308 e. The SMILES string of the molecule is CC(=O)NC(C(=O)NC(=Cc1cc(OC(C)=O)c(OC(C)=O)c(OC(C)=O)c1)C(=O)NC(Cc1c[nH]c2cc(Br)ccc12)C(=O)NC=Cc1ccc(OC(C)=O)c(OC(C)=O)c1)C(C)C. The van der Waals surface area contributed by atoms with Crippen LogP contribution in [0.2, 0.25) is 0 Å². The van der Waals surface area contributed by atoms with Crippen LogP contribution in [0.15, 0.2) is 71.1 Å². The van der Waals surface area contributed by atoms with Crippen molar-refractivity contribution >= 4 is 92.5 Å². The highest BCUT2D eigenvalue weighted by Crippen LogP contribution is 2.40. The molecule has 1 heterocycles. The van der Waals surface area contributed by atoms with Crippen molar-refractivity contribution in [3.05, 3.63) is 87.8 Å². The van der Waals surface area contributed by atoms with Crippen molar-refractivity contribution in [2.45, 2.75) is 73.9 Å². The molecule has 342 valence electrons. The van der Waals surface area contributed by atoms with Crippen LogP contribution in [0, 0.1) is 5.92 Å². The van der Waals surface area contributed by atoms with Gasteiger partial charge in [-0.1, -0.05) is 41.9 Å². The van der Waals surface area contributed by atoms with E-state index >= 15 is 0 Å². The van der Waals surface area contributed by atoms with Gasteiger partial charge in [0.15, 0.2) is 23.0 Å². The zero-order valence-electron chi connectivity index (χ0n) is 36.5. The third kappa shape index (κ3) is 15.0. The van der Waals surface area contributed by atoms with E-state index in [0.717, 1.165) is 42.2 Å². The number of hydrogen-bond donors (Lipinski definition) is 5. The number of fused-ring (bicyclic) bond motifs is 1. The first kappa shape index (κ1) is 50.0. The number of ether oxygens (including phenoxy) is 5. The lowest BCUT2D eigenvalue weighted by atomic mass is 10.0. The van der Waals surface area contributed by atoms with Crippen LogP contribution in [0.25, 0.3) is 23.1 Å². The summed E-state index contributed by atoms with van der Waals surface area (Å²) in [6.45, 7) is 10.1. The van der Waals surface area contributed by atoms with Gasteiger partial charge in [0.2, 0.25) is 23.5 Å². The molecule has 0 fully saturated rings. The summed E-state index contributed by atoms with van der Waals surface area (Å²) in [6, 6.07) is 9.57. The lowest BCUT2D eigenvalue weighted by Crippen LogP contribution is -2.52. The molecule has 0 aliphatic rings. The highest BCUT2D eigenvalue weighted by molar-refractivity contribution is 9.10. The van der Waals surface area contributed by atoms with E-state index in [2.05, 4.69) is 42.2 Å². The third-order valence-electron chi connectivity index (χ3n) is 8.67. The van der Waals surface area contributed by atoms with E-state index in [1.807, 2.05) is 12.1 Å². The standard InChI is InChI=1S/C45H46BrN5O14/c1-22(2)41(49-23(3)52)45(60)51-35(15-30-17-39(63-26(6)55)42(65-28(8)57)40(18-30)64-27(7)56)44(59)50-36(19-31-21-48-34-20-32(46)10-11-33(31)34)43(58)47-14-13-29-9-12-37(61-24(4)53)38(16-29)62-25(5)54/h9-18,20-22,36,41,48H,19H2,1-8H3,(H,47,58)(H,49,52)(H,50,59)(H,51,60). The summed E-state index contributed by atoms with van der Waals surface area (Å²) < 4.78 is 26.9. The van der Waals surface area contributed by atoms with Gasteiger partial charge in [-0.25, -0.2) is 0 Å². The van der Waals surface area contributed by atoms with E-state index in [1.54, 1.807) is 26.1 Å². The van der Waals surface area contributed by atoms with Crippen molar-refractivity contribution in [3.63, 3.8) is 0 Å². The van der Waals surface area contributed by atoms with Gasteiger partial charge in [0, 0.05) is 75.7 Å². The molecule has 0 saturated carbocycles. The number of rotatable bonds is 17. The Kier molecular flexibility index (Phi) is 17.4. The van der Waals surface area contributed by atoms with E-state index in [1.165, 1.54) is 63.4 Å². The van der Waals surface area contributed by atoms with Crippen molar-refractivity contribution < 1.29 is 66.8 Å². The van der Waals surface area contributed by atoms with Crippen molar-refractivity contribution in [2.75, 3.05) is 0 Å². The number of aromatic amines is 1. The second-order valence-corrected chi connectivity index (χ2v) is 15.5. The number of aromatic nitrogens is 1. The van der Waals surface area contributed by atoms with Crippen molar-refractivity contribution in [3.8, 4) is 28.7 Å². The highest BCUT2D eigenvalue weighted by Gasteiger charge is 2.29. The smallest absolute Gasteiger partial charge is 0.308 e. The summed E-state index contributed by atoms with van der Waals surface area (Å²) in [5.41, 5.74) is 1.22. The van der Waals surface area contributed by atoms with Crippen LogP contribution in [-0.4, -0.2) is 70.5 Å². The summed E-state index contributed by atoms with van der Waals surface area (Å²) in [4.78, 5) is 117. The number of H-pyrrole nitrogens is 1. The average molecular weight is 961 g/mol. The topological polar surface area (TPSA) is 264 Å². The van der Waals surface area contributed by atoms with E-state index in [-0.39, 0.29) is 23.5 Å². The summed E-state index contributed by atoms with van der Waals surface area (Å²) in [5, 5.41) is 11.1. The first-order valence-electron chi connectivity index (χ1n) is 19.7. The van der Waals surface area contributed by atoms with E-state index < -0.39 is 94.4 Å². The van der Waals surface area contributed by atoms with Gasteiger partial charge in [0.1, 0.15) is 17.8 Å². The van der Waals surface area contributed by atoms with Crippen LogP contribution in [0.4, 0.5) is 0 Å². The van der Waals surface area contributed by atoms with Gasteiger partial charge in [-0.15, -0.1) is 0 Å². The Labute approximate surface area is 380 Å². The first-order valence-corrected chi connectivity index (χ1v) is 20.5. The molecule has 5 N–H and O–H groups in total. The Morgan fingerprint density at radius 1 is 0.662 bits per heavy atom. The minimum atomic E-state index is -1.37. The quantitative estimate of drug-likeness (QED) is 0.0547. The third-order valence-corrected chi connectivity index (χ3v) is 9.16. The summed E-state index contributed by atoms with van der Waals surface area (Å²) in [6.07, 6.45) is 5.40. The molecular weight excluding hydrogens is 914 g/mol. The van der Waals surface area contributed by atoms with Crippen molar-refractivity contribution in [1.82, 2.24) is 26.3 Å². The number of carbonyl (C=O) groups is 9. The molecule has 19 nitrogen and oxygen atoms in total. The van der Waals surface area contributed by atoms with E-state index in [9.17, 15) is 43.2 Å². The molecule has 3 aromatic carbocycles. The normalized spacial score (nSPS) is 12.1. The fourth-order valence-electron chi connectivity index (χ4n) is 6.09. The van der Waals surface area contributed by atoms with Gasteiger partial charge in [-0.3, -0.25) is 43.2 Å². The minimum absolute atomic E-state index is 0.0132. The Bertz CT molecular complexity index is 2580. The zero-order chi connectivity index (χ0) is 48.1. The number of carbonyl (C=O) groups excluding carboxylic acids is 9. The molecule has 0 spiro atoms. The predicted octanol–water partition coefficient (Wildman–Crippen LogP) is 4.69. The predicted molar refractivity (Wildman–Crippen MR) is 237 cm³/mol. The van der Waals surface area contributed by atoms with Gasteiger partial charge < -0.3 is 49.9 Å². The van der Waals surface area contributed by atoms with E-state index in [4.69, 9.17) is 23.7 Å². The molecule has 2 atom stereocenters. The minimum Gasteiger partial charge on any atom is -0.423 e. The second kappa shape index (κ2) is 22.7. The number of halogens is 1. The summed E-state index contributed by atoms with van der Waals surface area (Å²) in [7, 11) is 0. The van der Waals surface area contributed by atoms with E-state index in [0.29, 0.717) is 11.1 Å². The van der Waals surface area contributed by atoms with Crippen LogP contribution in [0.3, 0.4) is 0 Å². The maximum atomic E-state index is 14.5. The number of nitrogens with one attached hydrogen (secondary N) is 5.